The summed E-state index contributed by atoms with van der Waals surface area (Å²) in [6, 6.07) is 0. The van der Waals surface area contributed by atoms with Crippen molar-refractivity contribution in [2.45, 2.75) is 32.9 Å². The minimum atomic E-state index is -0.668. The summed E-state index contributed by atoms with van der Waals surface area (Å²) in [6.45, 7) is 8.09. The Labute approximate surface area is 78.7 Å². The van der Waals surface area contributed by atoms with Crippen LogP contribution in [-0.2, 0) is 4.79 Å². The molecule has 0 aromatic heterocycles. The van der Waals surface area contributed by atoms with Crippen LogP contribution in [0.2, 0.25) is 0 Å². The lowest BCUT2D eigenvalue weighted by atomic mass is 9.98. The molecule has 3 heteroatoms. The highest BCUT2D eigenvalue weighted by atomic mass is 32.2. The van der Waals surface area contributed by atoms with Crippen molar-refractivity contribution in [1.29, 1.82) is 0 Å². The Morgan fingerprint density at radius 2 is 1.83 bits per heavy atom. The normalized spacial score (nSPS) is 13.8. The van der Waals surface area contributed by atoms with Crippen LogP contribution in [0.4, 0.5) is 0 Å². The Morgan fingerprint density at radius 1 is 1.33 bits per heavy atom. The van der Waals surface area contributed by atoms with Crippen molar-refractivity contribution in [2.24, 2.45) is 11.8 Å². The van der Waals surface area contributed by atoms with Crippen molar-refractivity contribution in [3.63, 3.8) is 0 Å². The highest BCUT2D eigenvalue weighted by Crippen LogP contribution is 2.20. The molecule has 0 rings (SSSR count). The summed E-state index contributed by atoms with van der Waals surface area (Å²) >= 11 is 1.72. The topological polar surface area (TPSA) is 37.3 Å². The molecule has 0 amide bonds. The third kappa shape index (κ3) is 4.65. The standard InChI is InChI=1S/C9H18O2S/c1-6(2)8(9(10)11)5-12-7(3)4/h6-8H,5H2,1-4H3,(H,10,11). The monoisotopic (exact) mass is 190 g/mol. The number of rotatable bonds is 5. The van der Waals surface area contributed by atoms with Crippen molar-refractivity contribution in [3.05, 3.63) is 0 Å². The van der Waals surface area contributed by atoms with E-state index >= 15 is 0 Å². The Bertz CT molecular complexity index is 143. The molecule has 1 N–H and O–H groups in total. The van der Waals surface area contributed by atoms with Gasteiger partial charge in [-0.25, -0.2) is 0 Å². The van der Waals surface area contributed by atoms with E-state index in [1.807, 2.05) is 13.8 Å². The van der Waals surface area contributed by atoms with Gasteiger partial charge in [-0.2, -0.15) is 11.8 Å². The van der Waals surface area contributed by atoms with E-state index in [-0.39, 0.29) is 11.8 Å². The van der Waals surface area contributed by atoms with Crippen LogP contribution in [0.5, 0.6) is 0 Å². The molecule has 0 spiro atoms. The van der Waals surface area contributed by atoms with E-state index in [0.29, 0.717) is 5.25 Å². The Kier molecular flexibility index (Phi) is 5.38. The first-order chi connectivity index (χ1) is 5.45. The van der Waals surface area contributed by atoms with Gasteiger partial charge in [0.25, 0.3) is 0 Å². The van der Waals surface area contributed by atoms with Gasteiger partial charge in [0, 0.05) is 5.75 Å². The van der Waals surface area contributed by atoms with Gasteiger partial charge in [0.15, 0.2) is 0 Å². The Morgan fingerprint density at radius 3 is 2.08 bits per heavy atom. The zero-order valence-corrected chi connectivity index (χ0v) is 9.02. The van der Waals surface area contributed by atoms with Gasteiger partial charge in [0.1, 0.15) is 0 Å². The summed E-state index contributed by atoms with van der Waals surface area (Å²) in [7, 11) is 0. The fraction of sp³-hybridized carbons (Fsp3) is 0.889. The third-order valence-corrected chi connectivity index (χ3v) is 2.95. The molecule has 0 saturated heterocycles. The molecule has 0 radical (unpaired) electrons. The summed E-state index contributed by atoms with van der Waals surface area (Å²) in [4.78, 5) is 10.7. The van der Waals surface area contributed by atoms with E-state index in [4.69, 9.17) is 5.11 Å². The van der Waals surface area contributed by atoms with E-state index in [0.717, 1.165) is 5.75 Å². The number of carbonyl (C=O) groups is 1. The smallest absolute Gasteiger partial charge is 0.307 e. The molecule has 0 aliphatic rings. The molecule has 0 bridgehead atoms. The lowest BCUT2D eigenvalue weighted by Gasteiger charge is -2.16. The summed E-state index contributed by atoms with van der Waals surface area (Å²) in [5, 5.41) is 9.36. The molecular weight excluding hydrogens is 172 g/mol. The van der Waals surface area contributed by atoms with Crippen LogP contribution in [0.3, 0.4) is 0 Å². The average Bonchev–Trinajstić information content (AvgIpc) is 1.84. The van der Waals surface area contributed by atoms with Crippen LogP contribution in [0.15, 0.2) is 0 Å². The van der Waals surface area contributed by atoms with Gasteiger partial charge >= 0.3 is 5.97 Å². The van der Waals surface area contributed by atoms with Crippen molar-refractivity contribution >= 4 is 17.7 Å². The van der Waals surface area contributed by atoms with Crippen LogP contribution in [0.25, 0.3) is 0 Å². The predicted molar refractivity (Wildman–Crippen MR) is 53.6 cm³/mol. The van der Waals surface area contributed by atoms with Crippen LogP contribution < -0.4 is 0 Å². The predicted octanol–water partition coefficient (Wildman–Crippen LogP) is 2.48. The molecule has 2 nitrogen and oxygen atoms in total. The molecule has 0 aliphatic heterocycles. The quantitative estimate of drug-likeness (QED) is 0.723. The minimum Gasteiger partial charge on any atom is -0.481 e. The van der Waals surface area contributed by atoms with Crippen molar-refractivity contribution in [1.82, 2.24) is 0 Å². The molecule has 0 heterocycles. The molecule has 0 aliphatic carbocycles. The van der Waals surface area contributed by atoms with Crippen molar-refractivity contribution in [2.75, 3.05) is 5.75 Å². The highest BCUT2D eigenvalue weighted by Gasteiger charge is 2.21. The number of carboxylic acids is 1. The summed E-state index contributed by atoms with van der Waals surface area (Å²) < 4.78 is 0. The van der Waals surface area contributed by atoms with Gasteiger partial charge in [0.05, 0.1) is 5.92 Å². The minimum absolute atomic E-state index is 0.197. The van der Waals surface area contributed by atoms with Gasteiger partial charge in [-0.15, -0.1) is 0 Å². The maximum Gasteiger partial charge on any atom is 0.307 e. The fourth-order valence-electron chi connectivity index (χ4n) is 0.845. The van der Waals surface area contributed by atoms with Gasteiger partial charge in [-0.1, -0.05) is 27.7 Å². The summed E-state index contributed by atoms with van der Waals surface area (Å²) in [5.41, 5.74) is 0. The second kappa shape index (κ2) is 5.46. The lowest BCUT2D eigenvalue weighted by Crippen LogP contribution is -2.22. The summed E-state index contributed by atoms with van der Waals surface area (Å²) in [5.74, 6) is 0.0919. The maximum atomic E-state index is 10.7. The number of carboxylic acid groups (broad SMARTS) is 1. The van der Waals surface area contributed by atoms with Crippen molar-refractivity contribution < 1.29 is 9.90 Å². The van der Waals surface area contributed by atoms with E-state index in [1.54, 1.807) is 11.8 Å². The molecule has 0 aromatic rings. The molecule has 0 saturated carbocycles. The lowest BCUT2D eigenvalue weighted by molar-refractivity contribution is -0.142. The molecule has 72 valence electrons. The number of thioether (sulfide) groups is 1. The molecule has 1 atom stereocenters. The Balaban J connectivity index is 3.88. The zero-order chi connectivity index (χ0) is 9.72. The van der Waals surface area contributed by atoms with Crippen LogP contribution in [-0.4, -0.2) is 22.1 Å². The highest BCUT2D eigenvalue weighted by molar-refractivity contribution is 7.99. The fourth-order valence-corrected chi connectivity index (χ4v) is 1.96. The largest absolute Gasteiger partial charge is 0.481 e. The van der Waals surface area contributed by atoms with Crippen LogP contribution in [0, 0.1) is 11.8 Å². The Hall–Kier alpha value is -0.180. The molecule has 0 aromatic carbocycles. The van der Waals surface area contributed by atoms with E-state index < -0.39 is 5.97 Å². The number of hydrogen-bond acceptors (Lipinski definition) is 2. The van der Waals surface area contributed by atoms with Crippen LogP contribution in [0.1, 0.15) is 27.7 Å². The SMILES string of the molecule is CC(C)SCC(C(=O)O)C(C)C. The third-order valence-electron chi connectivity index (χ3n) is 1.73. The van der Waals surface area contributed by atoms with Gasteiger partial charge in [0.2, 0.25) is 0 Å². The second-order valence-corrected chi connectivity index (χ2v) is 5.18. The molecule has 0 fully saturated rings. The van der Waals surface area contributed by atoms with E-state index in [9.17, 15) is 4.79 Å². The van der Waals surface area contributed by atoms with E-state index in [1.165, 1.54) is 0 Å². The molecule has 1 unspecified atom stereocenters. The van der Waals surface area contributed by atoms with Gasteiger partial charge in [-0.05, 0) is 11.2 Å². The summed E-state index contributed by atoms with van der Waals surface area (Å²) in [6.07, 6.45) is 0. The number of hydrogen-bond donors (Lipinski definition) is 1. The van der Waals surface area contributed by atoms with Crippen LogP contribution >= 0.6 is 11.8 Å². The van der Waals surface area contributed by atoms with Crippen molar-refractivity contribution in [3.8, 4) is 0 Å². The first kappa shape index (κ1) is 11.8. The second-order valence-electron chi connectivity index (χ2n) is 3.57. The molecule has 12 heavy (non-hydrogen) atoms. The average molecular weight is 190 g/mol. The first-order valence-corrected chi connectivity index (χ1v) is 5.34. The van der Waals surface area contributed by atoms with Gasteiger partial charge in [-0.3, -0.25) is 4.79 Å². The zero-order valence-electron chi connectivity index (χ0n) is 8.20. The van der Waals surface area contributed by atoms with Gasteiger partial charge < -0.3 is 5.11 Å². The maximum absolute atomic E-state index is 10.7. The van der Waals surface area contributed by atoms with E-state index in [2.05, 4.69) is 13.8 Å². The molecular formula is C9H18O2S. The number of aliphatic carboxylic acids is 1. The first-order valence-electron chi connectivity index (χ1n) is 4.29.